The molecule has 0 atom stereocenters. The summed E-state index contributed by atoms with van der Waals surface area (Å²) in [4.78, 5) is 1.34. The van der Waals surface area contributed by atoms with Crippen LogP contribution in [0.15, 0.2) is 6.20 Å². The first-order valence-electron chi connectivity index (χ1n) is 5.42. The summed E-state index contributed by atoms with van der Waals surface area (Å²) in [5.41, 5.74) is -0.0598. The Morgan fingerprint density at radius 1 is 1.29 bits per heavy atom. The van der Waals surface area contributed by atoms with Crippen LogP contribution in [-0.4, -0.2) is 10.7 Å². The largest absolute Gasteiger partial charge is 0.389 e. The van der Waals surface area contributed by atoms with E-state index in [1.807, 2.05) is 20.8 Å². The molecule has 0 saturated carbocycles. The molecule has 1 aromatic heterocycles. The highest BCUT2D eigenvalue weighted by atomic mass is 32.1. The molecule has 0 aliphatic rings. The highest BCUT2D eigenvalue weighted by Crippen LogP contribution is 2.25. The van der Waals surface area contributed by atoms with E-state index in [-0.39, 0.29) is 18.4 Å². The van der Waals surface area contributed by atoms with Crippen LogP contribution in [-0.2, 0) is 12.0 Å². The van der Waals surface area contributed by atoms with Gasteiger partial charge in [0.05, 0.1) is 0 Å². The number of aryl methyl sites for hydroxylation is 1. The molecule has 0 amide bonds. The summed E-state index contributed by atoms with van der Waals surface area (Å²) in [6.45, 7) is 6.33. The molecule has 1 N–H and O–H groups in total. The Bertz CT molecular complexity index is 423. The van der Waals surface area contributed by atoms with Gasteiger partial charge < -0.3 is 4.57 Å². The van der Waals surface area contributed by atoms with Gasteiger partial charge in [-0.2, -0.15) is 13.2 Å². The summed E-state index contributed by atoms with van der Waals surface area (Å²) in [6, 6.07) is 0. The van der Waals surface area contributed by atoms with Crippen molar-refractivity contribution in [3.05, 3.63) is 15.9 Å². The minimum atomic E-state index is -4.11. The molecular formula is C11H17F3N2S. The maximum absolute atomic E-state index is 12.0. The van der Waals surface area contributed by atoms with Crippen LogP contribution in [0.3, 0.4) is 0 Å². The number of aromatic nitrogens is 1. The van der Waals surface area contributed by atoms with Crippen molar-refractivity contribution < 1.29 is 13.2 Å². The predicted molar refractivity (Wildman–Crippen MR) is 62.2 cm³/mol. The first-order chi connectivity index (χ1) is 7.59. The van der Waals surface area contributed by atoms with E-state index < -0.39 is 12.6 Å². The normalized spacial score (nSPS) is 13.1. The average molecular weight is 266 g/mol. The summed E-state index contributed by atoms with van der Waals surface area (Å²) in [6.07, 6.45) is -3.07. The molecule has 2 nitrogen and oxygen atoms in total. The molecule has 0 aliphatic carbocycles. The number of rotatable bonds is 3. The van der Waals surface area contributed by atoms with Gasteiger partial charge in [-0.05, 0) is 11.8 Å². The van der Waals surface area contributed by atoms with Gasteiger partial charge >= 0.3 is 6.18 Å². The highest BCUT2D eigenvalue weighted by molar-refractivity contribution is 7.09. The molecule has 0 radical (unpaired) electrons. The number of nitrogens with one attached hydrogen (secondary N) is 1. The fourth-order valence-corrected chi connectivity index (χ4v) is 2.31. The van der Waals surface area contributed by atoms with Gasteiger partial charge in [-0.1, -0.05) is 20.8 Å². The fraction of sp³-hybridized carbons (Fsp3) is 0.727. The maximum Gasteiger partial charge on any atom is 0.389 e. The zero-order chi connectivity index (χ0) is 13.3. The summed E-state index contributed by atoms with van der Waals surface area (Å²) in [7, 11) is 0. The average Bonchev–Trinajstić information content (AvgIpc) is 2.45. The standard InChI is InChI=1S/C11H17F3N2S/c1-10(2,3)8-7-16(9(15)17-8)6-4-5-11(12,13)14/h7,15H,4-6H2,1-3H3. The molecule has 0 saturated heterocycles. The third-order valence-corrected chi connectivity index (χ3v) is 3.70. The van der Waals surface area contributed by atoms with E-state index in [1.54, 1.807) is 10.8 Å². The molecule has 0 unspecified atom stereocenters. The van der Waals surface area contributed by atoms with Crippen molar-refractivity contribution in [2.45, 2.75) is 51.7 Å². The third kappa shape index (κ3) is 4.53. The Hall–Kier alpha value is -0.780. The number of nitrogens with zero attached hydrogens (tertiary/aromatic N) is 1. The Labute approximate surface area is 103 Å². The highest BCUT2D eigenvalue weighted by Gasteiger charge is 2.26. The Balaban J connectivity index is 2.67. The second-order valence-corrected chi connectivity index (χ2v) is 6.09. The van der Waals surface area contributed by atoms with E-state index in [0.29, 0.717) is 4.80 Å². The third-order valence-electron chi connectivity index (χ3n) is 2.34. The first kappa shape index (κ1) is 14.3. The topological polar surface area (TPSA) is 28.8 Å². The molecule has 17 heavy (non-hydrogen) atoms. The second kappa shape index (κ2) is 4.84. The van der Waals surface area contributed by atoms with Gasteiger partial charge in [0, 0.05) is 24.0 Å². The lowest BCUT2D eigenvalue weighted by atomic mass is 9.95. The lowest BCUT2D eigenvalue weighted by molar-refractivity contribution is -0.135. The van der Waals surface area contributed by atoms with Gasteiger partial charge in [0.15, 0.2) is 4.80 Å². The molecule has 1 rings (SSSR count). The van der Waals surface area contributed by atoms with E-state index in [2.05, 4.69) is 0 Å². The van der Waals surface area contributed by atoms with Crippen LogP contribution in [0.25, 0.3) is 0 Å². The molecule has 0 aliphatic heterocycles. The van der Waals surface area contributed by atoms with E-state index in [9.17, 15) is 13.2 Å². The zero-order valence-electron chi connectivity index (χ0n) is 10.2. The van der Waals surface area contributed by atoms with Crippen LogP contribution < -0.4 is 4.80 Å². The van der Waals surface area contributed by atoms with Crippen LogP contribution >= 0.6 is 11.3 Å². The van der Waals surface area contributed by atoms with Crippen molar-refractivity contribution in [1.82, 2.24) is 4.57 Å². The van der Waals surface area contributed by atoms with E-state index >= 15 is 0 Å². The van der Waals surface area contributed by atoms with Crippen LogP contribution in [0.5, 0.6) is 0 Å². The van der Waals surface area contributed by atoms with Gasteiger partial charge in [0.1, 0.15) is 0 Å². The number of hydrogen-bond acceptors (Lipinski definition) is 2. The minimum absolute atomic E-state index is 0.0281. The molecule has 0 bridgehead atoms. The van der Waals surface area contributed by atoms with Crippen LogP contribution in [0.2, 0.25) is 0 Å². The molecule has 0 spiro atoms. The van der Waals surface area contributed by atoms with Gasteiger partial charge in [-0.25, -0.2) is 0 Å². The molecule has 6 heteroatoms. The number of alkyl halides is 3. The van der Waals surface area contributed by atoms with Crippen LogP contribution in [0.4, 0.5) is 13.2 Å². The zero-order valence-corrected chi connectivity index (χ0v) is 11.0. The van der Waals surface area contributed by atoms with Gasteiger partial charge in [-0.3, -0.25) is 5.41 Å². The van der Waals surface area contributed by atoms with Crippen molar-refractivity contribution >= 4 is 11.3 Å². The maximum atomic E-state index is 12.0. The van der Waals surface area contributed by atoms with Crippen molar-refractivity contribution in [1.29, 1.82) is 5.41 Å². The quantitative estimate of drug-likeness (QED) is 0.865. The summed E-state index contributed by atoms with van der Waals surface area (Å²) < 4.78 is 37.6. The van der Waals surface area contributed by atoms with Crippen molar-refractivity contribution in [2.24, 2.45) is 0 Å². The molecular weight excluding hydrogens is 249 g/mol. The molecule has 1 aromatic rings. The Morgan fingerprint density at radius 2 is 1.88 bits per heavy atom. The van der Waals surface area contributed by atoms with Crippen LogP contribution in [0.1, 0.15) is 38.5 Å². The predicted octanol–water partition coefficient (Wildman–Crippen LogP) is 3.67. The molecule has 0 fully saturated rings. The second-order valence-electron chi connectivity index (χ2n) is 5.06. The monoisotopic (exact) mass is 266 g/mol. The smallest absolute Gasteiger partial charge is 0.324 e. The number of hydrogen-bond donors (Lipinski definition) is 1. The summed E-state index contributed by atoms with van der Waals surface area (Å²) >= 11 is 1.33. The van der Waals surface area contributed by atoms with E-state index in [1.165, 1.54) is 11.3 Å². The van der Waals surface area contributed by atoms with Crippen molar-refractivity contribution in [3.8, 4) is 0 Å². The van der Waals surface area contributed by atoms with Gasteiger partial charge in [0.25, 0.3) is 0 Å². The van der Waals surface area contributed by atoms with Gasteiger partial charge in [-0.15, -0.1) is 11.3 Å². The Kier molecular flexibility index (Phi) is 4.06. The van der Waals surface area contributed by atoms with Gasteiger partial charge in [0.2, 0.25) is 0 Å². The Morgan fingerprint density at radius 3 is 2.29 bits per heavy atom. The minimum Gasteiger partial charge on any atom is -0.324 e. The fourth-order valence-electron chi connectivity index (χ4n) is 1.35. The van der Waals surface area contributed by atoms with Crippen molar-refractivity contribution in [2.75, 3.05) is 0 Å². The first-order valence-corrected chi connectivity index (χ1v) is 6.23. The summed E-state index contributed by atoms with van der Waals surface area (Å²) in [5, 5.41) is 7.71. The molecule has 0 aromatic carbocycles. The molecule has 1 heterocycles. The lowest BCUT2D eigenvalue weighted by Crippen LogP contribution is -2.15. The van der Waals surface area contributed by atoms with E-state index in [4.69, 9.17) is 5.41 Å². The van der Waals surface area contributed by atoms with Crippen molar-refractivity contribution in [3.63, 3.8) is 0 Å². The van der Waals surface area contributed by atoms with Crippen LogP contribution in [0, 0.1) is 5.41 Å². The summed E-state index contributed by atoms with van der Waals surface area (Å²) in [5.74, 6) is 0. The SMILES string of the molecule is CC(C)(C)c1cn(CCCC(F)(F)F)c(=N)s1. The molecule has 98 valence electrons. The lowest BCUT2D eigenvalue weighted by Gasteiger charge is -2.14. The number of thiazole rings is 1. The number of halogens is 3. The van der Waals surface area contributed by atoms with E-state index in [0.717, 1.165) is 4.88 Å².